The van der Waals surface area contributed by atoms with E-state index >= 15 is 0 Å². The number of thioether (sulfide) groups is 1. The van der Waals surface area contributed by atoms with Gasteiger partial charge in [-0.2, -0.15) is 0 Å². The molecule has 0 fully saturated rings. The highest BCUT2D eigenvalue weighted by molar-refractivity contribution is 7.99. The maximum atomic E-state index is 9.61. The van der Waals surface area contributed by atoms with E-state index in [1.807, 2.05) is 0 Å². The van der Waals surface area contributed by atoms with Crippen molar-refractivity contribution in [2.75, 3.05) is 17.7 Å². The standard InChI is InChI=1S/C20H25N3O2S/c24-11-16(25)12-26-20-22-18-8-4-3-7-17(18)19(23-20)21-15-9-13-5-1-2-6-14(13)10-15/h1-2,5-6,15-16,24-25H,3-4,7-12H2,(H,21,22,23). The summed E-state index contributed by atoms with van der Waals surface area (Å²) in [5.41, 5.74) is 5.26. The molecule has 0 saturated carbocycles. The number of nitrogens with one attached hydrogen (secondary N) is 1. The largest absolute Gasteiger partial charge is 0.394 e. The molecule has 1 aromatic carbocycles. The van der Waals surface area contributed by atoms with Crippen LogP contribution in [-0.2, 0) is 25.7 Å². The summed E-state index contributed by atoms with van der Waals surface area (Å²) in [5, 5.41) is 23.0. The zero-order valence-electron chi connectivity index (χ0n) is 14.8. The molecule has 1 unspecified atom stereocenters. The SMILES string of the molecule is OCC(O)CSc1nc2c(c(NC3Cc4ccccc4C3)n1)CCCC2. The molecule has 1 heterocycles. The third kappa shape index (κ3) is 3.87. The minimum Gasteiger partial charge on any atom is -0.394 e. The number of aliphatic hydroxyl groups is 2. The summed E-state index contributed by atoms with van der Waals surface area (Å²) in [6.07, 6.45) is 5.70. The van der Waals surface area contributed by atoms with E-state index in [-0.39, 0.29) is 6.61 Å². The van der Waals surface area contributed by atoms with E-state index in [9.17, 15) is 5.11 Å². The zero-order valence-corrected chi connectivity index (χ0v) is 15.6. The van der Waals surface area contributed by atoms with Gasteiger partial charge in [0, 0.05) is 17.4 Å². The van der Waals surface area contributed by atoms with Gasteiger partial charge in [-0.15, -0.1) is 0 Å². The molecule has 1 atom stereocenters. The smallest absolute Gasteiger partial charge is 0.189 e. The van der Waals surface area contributed by atoms with Gasteiger partial charge in [-0.1, -0.05) is 36.0 Å². The minimum atomic E-state index is -0.736. The zero-order chi connectivity index (χ0) is 17.9. The number of anilines is 1. The van der Waals surface area contributed by atoms with Crippen molar-refractivity contribution in [2.24, 2.45) is 0 Å². The molecule has 2 aromatic rings. The summed E-state index contributed by atoms with van der Waals surface area (Å²) in [7, 11) is 0. The number of aromatic nitrogens is 2. The predicted octanol–water partition coefficient (Wildman–Crippen LogP) is 2.38. The Morgan fingerprint density at radius 2 is 1.85 bits per heavy atom. The molecule has 2 aliphatic carbocycles. The lowest BCUT2D eigenvalue weighted by Gasteiger charge is -2.22. The molecule has 0 radical (unpaired) electrons. The van der Waals surface area contributed by atoms with Crippen LogP contribution in [0.5, 0.6) is 0 Å². The molecule has 0 spiro atoms. The highest BCUT2D eigenvalue weighted by atomic mass is 32.2. The van der Waals surface area contributed by atoms with Gasteiger partial charge in [0.1, 0.15) is 5.82 Å². The Hall–Kier alpha value is -1.63. The number of fused-ring (bicyclic) bond motifs is 2. The second-order valence-corrected chi connectivity index (χ2v) is 8.14. The molecule has 0 aliphatic heterocycles. The summed E-state index contributed by atoms with van der Waals surface area (Å²) in [6, 6.07) is 9.01. The van der Waals surface area contributed by atoms with Crippen LogP contribution in [0, 0.1) is 0 Å². The second-order valence-electron chi connectivity index (χ2n) is 7.15. The summed E-state index contributed by atoms with van der Waals surface area (Å²) < 4.78 is 0. The molecular weight excluding hydrogens is 346 g/mol. The lowest BCUT2D eigenvalue weighted by atomic mass is 9.96. The van der Waals surface area contributed by atoms with Gasteiger partial charge in [-0.3, -0.25) is 0 Å². The Labute approximate surface area is 158 Å². The molecule has 138 valence electrons. The van der Waals surface area contributed by atoms with Crippen LogP contribution in [-0.4, -0.2) is 44.7 Å². The van der Waals surface area contributed by atoms with Crippen molar-refractivity contribution >= 4 is 17.6 Å². The summed E-state index contributed by atoms with van der Waals surface area (Å²) >= 11 is 1.41. The highest BCUT2D eigenvalue weighted by Gasteiger charge is 2.24. The highest BCUT2D eigenvalue weighted by Crippen LogP contribution is 2.31. The molecule has 5 nitrogen and oxygen atoms in total. The predicted molar refractivity (Wildman–Crippen MR) is 104 cm³/mol. The van der Waals surface area contributed by atoms with E-state index in [0.717, 1.165) is 37.2 Å². The molecular formula is C20H25N3O2S. The summed E-state index contributed by atoms with van der Waals surface area (Å²) in [6.45, 7) is -0.233. The van der Waals surface area contributed by atoms with E-state index in [0.29, 0.717) is 17.0 Å². The van der Waals surface area contributed by atoms with Gasteiger partial charge in [0.15, 0.2) is 5.16 Å². The third-order valence-corrected chi connectivity index (χ3v) is 6.16. The van der Waals surface area contributed by atoms with Crippen molar-refractivity contribution < 1.29 is 10.2 Å². The first-order chi connectivity index (χ1) is 12.7. The molecule has 0 saturated heterocycles. The van der Waals surface area contributed by atoms with Crippen LogP contribution in [0.1, 0.15) is 35.2 Å². The van der Waals surface area contributed by atoms with Crippen molar-refractivity contribution in [1.29, 1.82) is 0 Å². The molecule has 4 rings (SSSR count). The first kappa shape index (κ1) is 17.8. The van der Waals surface area contributed by atoms with Gasteiger partial charge in [-0.25, -0.2) is 9.97 Å². The van der Waals surface area contributed by atoms with E-state index < -0.39 is 6.10 Å². The second kappa shape index (κ2) is 7.94. The van der Waals surface area contributed by atoms with Gasteiger partial charge >= 0.3 is 0 Å². The number of hydrogen-bond acceptors (Lipinski definition) is 6. The van der Waals surface area contributed by atoms with Crippen LogP contribution in [0.2, 0.25) is 0 Å². The third-order valence-electron chi connectivity index (χ3n) is 5.17. The molecule has 0 bridgehead atoms. The van der Waals surface area contributed by atoms with Gasteiger partial charge in [0.05, 0.1) is 18.4 Å². The van der Waals surface area contributed by atoms with Gasteiger partial charge in [0.25, 0.3) is 0 Å². The van der Waals surface area contributed by atoms with Crippen molar-refractivity contribution in [1.82, 2.24) is 9.97 Å². The average molecular weight is 372 g/mol. The number of nitrogens with zero attached hydrogens (tertiary/aromatic N) is 2. The van der Waals surface area contributed by atoms with Crippen LogP contribution in [0.4, 0.5) is 5.82 Å². The molecule has 3 N–H and O–H groups in total. The normalized spacial score (nSPS) is 17.6. The van der Waals surface area contributed by atoms with Crippen LogP contribution in [0.15, 0.2) is 29.4 Å². The Bertz CT molecular complexity index is 759. The molecule has 1 aromatic heterocycles. The van der Waals surface area contributed by atoms with Gasteiger partial charge < -0.3 is 15.5 Å². The topological polar surface area (TPSA) is 78.3 Å². The number of aliphatic hydroxyl groups excluding tert-OH is 2. The van der Waals surface area contributed by atoms with E-state index in [2.05, 4.69) is 29.6 Å². The molecule has 6 heteroatoms. The fraction of sp³-hybridized carbons (Fsp3) is 0.500. The average Bonchev–Trinajstić information content (AvgIpc) is 3.08. The maximum Gasteiger partial charge on any atom is 0.189 e. The number of hydrogen-bond donors (Lipinski definition) is 3. The molecule has 2 aliphatic rings. The summed E-state index contributed by atoms with van der Waals surface area (Å²) in [5.74, 6) is 1.37. The number of aryl methyl sites for hydroxylation is 1. The minimum absolute atomic E-state index is 0.233. The summed E-state index contributed by atoms with van der Waals surface area (Å²) in [4.78, 5) is 9.48. The molecule has 0 amide bonds. The lowest BCUT2D eigenvalue weighted by molar-refractivity contribution is 0.113. The van der Waals surface area contributed by atoms with Crippen molar-refractivity contribution in [3.63, 3.8) is 0 Å². The number of rotatable bonds is 6. The Morgan fingerprint density at radius 1 is 1.12 bits per heavy atom. The van der Waals surface area contributed by atoms with Gasteiger partial charge in [0.2, 0.25) is 0 Å². The van der Waals surface area contributed by atoms with Crippen LogP contribution in [0.25, 0.3) is 0 Å². The van der Waals surface area contributed by atoms with Crippen molar-refractivity contribution in [2.45, 2.75) is 55.8 Å². The van der Waals surface area contributed by atoms with Crippen LogP contribution in [0.3, 0.4) is 0 Å². The maximum absolute atomic E-state index is 9.61. The first-order valence-corrected chi connectivity index (χ1v) is 10.4. The number of benzene rings is 1. The van der Waals surface area contributed by atoms with Gasteiger partial charge in [-0.05, 0) is 49.7 Å². The Morgan fingerprint density at radius 3 is 2.58 bits per heavy atom. The van der Waals surface area contributed by atoms with E-state index in [1.54, 1.807) is 0 Å². The van der Waals surface area contributed by atoms with Crippen LogP contribution >= 0.6 is 11.8 Å². The monoisotopic (exact) mass is 371 g/mol. The van der Waals surface area contributed by atoms with E-state index in [4.69, 9.17) is 15.1 Å². The Balaban J connectivity index is 1.54. The fourth-order valence-corrected chi connectivity index (χ4v) is 4.61. The van der Waals surface area contributed by atoms with E-state index in [1.165, 1.54) is 41.3 Å². The molecule has 26 heavy (non-hydrogen) atoms. The van der Waals surface area contributed by atoms with Crippen molar-refractivity contribution in [3.05, 3.63) is 46.6 Å². The van der Waals surface area contributed by atoms with Crippen molar-refractivity contribution in [3.8, 4) is 0 Å². The quantitative estimate of drug-likeness (QED) is 0.535. The van der Waals surface area contributed by atoms with Crippen LogP contribution < -0.4 is 5.32 Å². The fourth-order valence-electron chi connectivity index (χ4n) is 3.83. The lowest BCUT2D eigenvalue weighted by Crippen LogP contribution is -2.23. The Kier molecular flexibility index (Phi) is 5.43. The first-order valence-electron chi connectivity index (χ1n) is 9.37.